The second kappa shape index (κ2) is 6.75. The minimum Gasteiger partial charge on any atom is -0.480 e. The topological polar surface area (TPSA) is 113 Å². The lowest BCUT2D eigenvalue weighted by atomic mass is 10.1. The molecule has 118 valence electrons. The molecule has 0 aromatic heterocycles. The lowest BCUT2D eigenvalue weighted by molar-refractivity contribution is -0.145. The predicted octanol–water partition coefficient (Wildman–Crippen LogP) is -0.378. The van der Waals surface area contributed by atoms with Crippen LogP contribution in [-0.2, 0) is 14.3 Å². The molecule has 8 nitrogen and oxygen atoms in total. The lowest BCUT2D eigenvalue weighted by Crippen LogP contribution is -2.52. The van der Waals surface area contributed by atoms with Crippen LogP contribution < -0.4 is 5.73 Å². The molecule has 3 amide bonds. The number of piperidine rings is 1. The summed E-state index contributed by atoms with van der Waals surface area (Å²) in [6.07, 6.45) is 2.49. The minimum absolute atomic E-state index is 0.129. The van der Waals surface area contributed by atoms with Crippen LogP contribution in [0, 0.1) is 0 Å². The molecular formula is C13H21N3O5. The maximum absolute atomic E-state index is 12.4. The SMILES string of the molecule is NC(=O)C1CCCN1C(=O)N1CCC(OCC(=O)O)CC1. The lowest BCUT2D eigenvalue weighted by Gasteiger charge is -2.35. The standard InChI is InChI=1S/C13H21N3O5/c14-12(19)10-2-1-5-16(10)13(20)15-6-3-9(4-7-15)21-8-11(17)18/h9-10H,1-8H2,(H2,14,19)(H,17,18). The molecule has 0 radical (unpaired) electrons. The fraction of sp³-hybridized carbons (Fsp3) is 0.769. The number of rotatable bonds is 4. The summed E-state index contributed by atoms with van der Waals surface area (Å²) in [5, 5.41) is 8.57. The van der Waals surface area contributed by atoms with Crippen molar-refractivity contribution in [2.45, 2.75) is 37.8 Å². The molecular weight excluding hydrogens is 278 g/mol. The van der Waals surface area contributed by atoms with E-state index in [1.165, 1.54) is 0 Å². The zero-order chi connectivity index (χ0) is 15.4. The molecule has 8 heteroatoms. The van der Waals surface area contributed by atoms with Crippen LogP contribution in [0.15, 0.2) is 0 Å². The highest BCUT2D eigenvalue weighted by Gasteiger charge is 2.36. The maximum Gasteiger partial charge on any atom is 0.329 e. The summed E-state index contributed by atoms with van der Waals surface area (Å²) in [5.41, 5.74) is 5.32. The number of carboxylic acids is 1. The summed E-state index contributed by atoms with van der Waals surface area (Å²) >= 11 is 0. The van der Waals surface area contributed by atoms with Crippen LogP contribution in [0.25, 0.3) is 0 Å². The molecule has 0 aromatic carbocycles. The third kappa shape index (κ3) is 3.84. The molecule has 2 aliphatic heterocycles. The van der Waals surface area contributed by atoms with E-state index in [1.54, 1.807) is 9.80 Å². The number of amides is 3. The molecule has 1 unspecified atom stereocenters. The van der Waals surface area contributed by atoms with E-state index < -0.39 is 17.9 Å². The van der Waals surface area contributed by atoms with Crippen molar-refractivity contribution in [1.82, 2.24) is 9.80 Å². The van der Waals surface area contributed by atoms with Crippen LogP contribution in [0.2, 0.25) is 0 Å². The first-order chi connectivity index (χ1) is 9.99. The monoisotopic (exact) mass is 299 g/mol. The largest absolute Gasteiger partial charge is 0.480 e. The molecule has 2 saturated heterocycles. The highest BCUT2D eigenvalue weighted by Crippen LogP contribution is 2.21. The minimum atomic E-state index is -0.991. The number of primary amides is 1. The van der Waals surface area contributed by atoms with E-state index in [9.17, 15) is 14.4 Å². The van der Waals surface area contributed by atoms with Gasteiger partial charge in [0.05, 0.1) is 6.10 Å². The number of nitrogens with zero attached hydrogens (tertiary/aromatic N) is 2. The van der Waals surface area contributed by atoms with Gasteiger partial charge < -0.3 is 25.4 Å². The second-order valence-corrected chi connectivity index (χ2v) is 5.43. The number of hydrogen-bond acceptors (Lipinski definition) is 4. The molecule has 1 atom stereocenters. The van der Waals surface area contributed by atoms with Gasteiger partial charge in [0.25, 0.3) is 0 Å². The predicted molar refractivity (Wildman–Crippen MR) is 72.5 cm³/mol. The third-order valence-electron chi connectivity index (χ3n) is 3.98. The summed E-state index contributed by atoms with van der Waals surface area (Å²) in [6, 6.07) is -0.661. The van der Waals surface area contributed by atoms with E-state index in [-0.39, 0.29) is 18.7 Å². The Hall–Kier alpha value is -1.83. The third-order valence-corrected chi connectivity index (χ3v) is 3.98. The van der Waals surface area contributed by atoms with Gasteiger partial charge in [-0.05, 0) is 25.7 Å². The van der Waals surface area contributed by atoms with Crippen LogP contribution in [0.3, 0.4) is 0 Å². The van der Waals surface area contributed by atoms with E-state index in [0.717, 1.165) is 6.42 Å². The summed E-state index contributed by atoms with van der Waals surface area (Å²) < 4.78 is 5.23. The number of urea groups is 1. The van der Waals surface area contributed by atoms with Gasteiger partial charge in [0, 0.05) is 19.6 Å². The smallest absolute Gasteiger partial charge is 0.329 e. The van der Waals surface area contributed by atoms with E-state index in [1.807, 2.05) is 0 Å². The summed E-state index contributed by atoms with van der Waals surface area (Å²) in [5.74, 6) is -1.45. The highest BCUT2D eigenvalue weighted by atomic mass is 16.5. The zero-order valence-corrected chi connectivity index (χ0v) is 11.9. The Kier molecular flexibility index (Phi) is 5.00. The Bertz CT molecular complexity index is 420. The summed E-state index contributed by atoms with van der Waals surface area (Å²) in [7, 11) is 0. The van der Waals surface area contributed by atoms with Crippen molar-refractivity contribution < 1.29 is 24.2 Å². The van der Waals surface area contributed by atoms with Gasteiger partial charge in [0.1, 0.15) is 12.6 Å². The molecule has 2 aliphatic rings. The molecule has 0 saturated carbocycles. The van der Waals surface area contributed by atoms with Crippen LogP contribution >= 0.6 is 0 Å². The Morgan fingerprint density at radius 1 is 1.14 bits per heavy atom. The zero-order valence-electron chi connectivity index (χ0n) is 11.9. The normalized spacial score (nSPS) is 23.3. The van der Waals surface area contributed by atoms with Crippen molar-refractivity contribution in [2.75, 3.05) is 26.2 Å². The van der Waals surface area contributed by atoms with Crippen molar-refractivity contribution >= 4 is 17.9 Å². The number of carbonyl (C=O) groups is 3. The van der Waals surface area contributed by atoms with Crippen molar-refractivity contribution in [2.24, 2.45) is 5.73 Å². The molecule has 2 rings (SSSR count). The molecule has 3 N–H and O–H groups in total. The summed E-state index contributed by atoms with van der Waals surface area (Å²) in [6.45, 7) is 1.26. The number of hydrogen-bond donors (Lipinski definition) is 2. The van der Waals surface area contributed by atoms with Crippen LogP contribution in [-0.4, -0.2) is 71.2 Å². The first kappa shape index (κ1) is 15.6. The van der Waals surface area contributed by atoms with Gasteiger partial charge in [-0.1, -0.05) is 0 Å². The Balaban J connectivity index is 1.83. The first-order valence-corrected chi connectivity index (χ1v) is 7.17. The fourth-order valence-electron chi connectivity index (χ4n) is 2.88. The van der Waals surface area contributed by atoms with Gasteiger partial charge in [-0.25, -0.2) is 9.59 Å². The Morgan fingerprint density at radius 3 is 2.38 bits per heavy atom. The molecule has 0 aromatic rings. The molecule has 0 bridgehead atoms. The number of nitrogens with two attached hydrogens (primary N) is 1. The average molecular weight is 299 g/mol. The summed E-state index contributed by atoms with van der Waals surface area (Å²) in [4.78, 5) is 37.4. The number of likely N-dealkylation sites (tertiary alicyclic amines) is 2. The highest BCUT2D eigenvalue weighted by molar-refractivity contribution is 5.86. The van der Waals surface area contributed by atoms with Gasteiger partial charge in [-0.3, -0.25) is 4.79 Å². The van der Waals surface area contributed by atoms with E-state index in [0.29, 0.717) is 38.9 Å². The number of aliphatic carboxylic acids is 1. The van der Waals surface area contributed by atoms with E-state index in [2.05, 4.69) is 0 Å². The van der Waals surface area contributed by atoms with Crippen molar-refractivity contribution in [3.05, 3.63) is 0 Å². The molecule has 21 heavy (non-hydrogen) atoms. The maximum atomic E-state index is 12.4. The first-order valence-electron chi connectivity index (χ1n) is 7.17. The van der Waals surface area contributed by atoms with Crippen molar-refractivity contribution in [1.29, 1.82) is 0 Å². The van der Waals surface area contributed by atoms with Crippen molar-refractivity contribution in [3.8, 4) is 0 Å². The number of ether oxygens (including phenoxy) is 1. The van der Waals surface area contributed by atoms with Crippen LogP contribution in [0.1, 0.15) is 25.7 Å². The Morgan fingerprint density at radius 2 is 1.81 bits per heavy atom. The molecule has 2 heterocycles. The molecule has 0 spiro atoms. The van der Waals surface area contributed by atoms with Crippen molar-refractivity contribution in [3.63, 3.8) is 0 Å². The quantitative estimate of drug-likeness (QED) is 0.734. The van der Waals surface area contributed by atoms with Gasteiger partial charge >= 0.3 is 12.0 Å². The van der Waals surface area contributed by atoms with E-state index in [4.69, 9.17) is 15.6 Å². The Labute approximate surface area is 122 Å². The van der Waals surface area contributed by atoms with Gasteiger partial charge in [0.15, 0.2) is 0 Å². The van der Waals surface area contributed by atoms with Crippen LogP contribution in [0.5, 0.6) is 0 Å². The van der Waals surface area contributed by atoms with Gasteiger partial charge in [-0.2, -0.15) is 0 Å². The van der Waals surface area contributed by atoms with E-state index >= 15 is 0 Å². The second-order valence-electron chi connectivity index (χ2n) is 5.43. The van der Waals surface area contributed by atoms with Gasteiger partial charge in [0.2, 0.25) is 5.91 Å². The molecule has 2 fully saturated rings. The fourth-order valence-corrected chi connectivity index (χ4v) is 2.88. The number of carboxylic acid groups (broad SMARTS) is 1. The van der Waals surface area contributed by atoms with Crippen LogP contribution in [0.4, 0.5) is 4.79 Å². The molecule has 0 aliphatic carbocycles. The van der Waals surface area contributed by atoms with Gasteiger partial charge in [-0.15, -0.1) is 0 Å². The average Bonchev–Trinajstić information content (AvgIpc) is 2.94. The number of carbonyl (C=O) groups excluding carboxylic acids is 2.